The number of aromatic nitrogens is 1. The maximum Gasteiger partial charge on any atom is 0.335 e. The highest BCUT2D eigenvalue weighted by molar-refractivity contribution is 7.92. The molecule has 3 rings (SSSR count). The van der Waals surface area contributed by atoms with Crippen LogP contribution in [0.1, 0.15) is 10.4 Å². The van der Waals surface area contributed by atoms with E-state index >= 15 is 0 Å². The summed E-state index contributed by atoms with van der Waals surface area (Å²) in [6.07, 6.45) is 1.77. The SMILES string of the molecule is O=C(O)c1ccc(S(=O)(=O)Nc2ccc3[nH]ccc3c2)cc1. The molecule has 0 saturated heterocycles. The average Bonchev–Trinajstić information content (AvgIpc) is 2.94. The lowest BCUT2D eigenvalue weighted by Gasteiger charge is -2.08. The molecule has 22 heavy (non-hydrogen) atoms. The summed E-state index contributed by atoms with van der Waals surface area (Å²) in [4.78, 5) is 13.8. The molecule has 0 radical (unpaired) electrons. The van der Waals surface area contributed by atoms with E-state index in [1.807, 2.05) is 6.07 Å². The van der Waals surface area contributed by atoms with Crippen molar-refractivity contribution in [2.24, 2.45) is 0 Å². The van der Waals surface area contributed by atoms with E-state index in [1.54, 1.807) is 24.4 Å². The van der Waals surface area contributed by atoms with Gasteiger partial charge in [-0.05, 0) is 48.5 Å². The topological polar surface area (TPSA) is 99.3 Å². The molecule has 3 N–H and O–H groups in total. The van der Waals surface area contributed by atoms with Crippen molar-refractivity contribution in [3.05, 3.63) is 60.3 Å². The molecular formula is C15H12N2O4S. The number of aromatic amines is 1. The molecule has 1 heterocycles. The summed E-state index contributed by atoms with van der Waals surface area (Å²) in [6.45, 7) is 0. The molecule has 6 nitrogen and oxygen atoms in total. The Bertz CT molecular complexity index is 943. The second kappa shape index (κ2) is 5.19. The Kier molecular flexibility index (Phi) is 3.34. The van der Waals surface area contributed by atoms with Crippen LogP contribution in [0.5, 0.6) is 0 Å². The van der Waals surface area contributed by atoms with E-state index in [0.717, 1.165) is 10.9 Å². The van der Waals surface area contributed by atoms with Crippen molar-refractivity contribution in [2.75, 3.05) is 4.72 Å². The molecule has 112 valence electrons. The number of anilines is 1. The van der Waals surface area contributed by atoms with E-state index in [-0.39, 0.29) is 10.5 Å². The second-order valence-corrected chi connectivity index (χ2v) is 6.40. The molecule has 3 aromatic rings. The number of carboxylic acid groups (broad SMARTS) is 1. The maximum absolute atomic E-state index is 12.3. The van der Waals surface area contributed by atoms with Gasteiger partial charge < -0.3 is 10.1 Å². The standard InChI is InChI=1S/C15H12N2O4S/c18-15(19)10-1-4-13(5-2-10)22(20,21)17-12-3-6-14-11(9-12)7-8-16-14/h1-9,16-17H,(H,18,19). The Morgan fingerprint density at radius 1 is 1.05 bits per heavy atom. The van der Waals surface area contributed by atoms with Crippen molar-refractivity contribution < 1.29 is 18.3 Å². The van der Waals surface area contributed by atoms with Crippen molar-refractivity contribution in [1.82, 2.24) is 4.98 Å². The molecule has 0 aliphatic rings. The van der Waals surface area contributed by atoms with Crippen molar-refractivity contribution in [1.29, 1.82) is 0 Å². The van der Waals surface area contributed by atoms with Crippen molar-refractivity contribution >= 4 is 32.6 Å². The minimum absolute atomic E-state index is 0.00617. The van der Waals surface area contributed by atoms with Gasteiger partial charge in [0.05, 0.1) is 10.5 Å². The van der Waals surface area contributed by atoms with E-state index in [9.17, 15) is 13.2 Å². The zero-order valence-corrected chi connectivity index (χ0v) is 12.1. The number of sulfonamides is 1. The van der Waals surface area contributed by atoms with Gasteiger partial charge in [-0.3, -0.25) is 4.72 Å². The first-order valence-corrected chi connectivity index (χ1v) is 7.87. The third-order valence-corrected chi connectivity index (χ3v) is 4.61. The Morgan fingerprint density at radius 3 is 2.45 bits per heavy atom. The Hall–Kier alpha value is -2.80. The van der Waals surface area contributed by atoms with Crippen LogP contribution in [0.15, 0.2) is 59.6 Å². The maximum atomic E-state index is 12.3. The zero-order chi connectivity index (χ0) is 15.7. The molecule has 2 aromatic carbocycles. The fourth-order valence-electron chi connectivity index (χ4n) is 2.11. The third-order valence-electron chi connectivity index (χ3n) is 3.22. The van der Waals surface area contributed by atoms with Crippen LogP contribution in [0.3, 0.4) is 0 Å². The number of rotatable bonds is 4. The molecule has 0 fully saturated rings. The van der Waals surface area contributed by atoms with Gasteiger partial charge in [0.15, 0.2) is 0 Å². The number of carboxylic acids is 1. The highest BCUT2D eigenvalue weighted by atomic mass is 32.2. The first kappa shape index (κ1) is 14.2. The van der Waals surface area contributed by atoms with Crippen molar-refractivity contribution in [3.63, 3.8) is 0 Å². The van der Waals surface area contributed by atoms with Crippen LogP contribution in [-0.2, 0) is 10.0 Å². The average molecular weight is 316 g/mol. The molecule has 0 unspecified atom stereocenters. The number of nitrogens with one attached hydrogen (secondary N) is 2. The van der Waals surface area contributed by atoms with Gasteiger partial charge in [-0.2, -0.15) is 0 Å². The molecule has 0 saturated carbocycles. The fraction of sp³-hybridized carbons (Fsp3) is 0. The lowest BCUT2D eigenvalue weighted by Crippen LogP contribution is -2.13. The van der Waals surface area contributed by atoms with Crippen LogP contribution in [0, 0.1) is 0 Å². The lowest BCUT2D eigenvalue weighted by atomic mass is 10.2. The summed E-state index contributed by atoms with van der Waals surface area (Å²) in [7, 11) is -3.76. The first-order chi connectivity index (χ1) is 10.5. The summed E-state index contributed by atoms with van der Waals surface area (Å²) < 4.78 is 27.1. The predicted molar refractivity (Wildman–Crippen MR) is 82.5 cm³/mol. The largest absolute Gasteiger partial charge is 0.478 e. The van der Waals surface area contributed by atoms with Gasteiger partial charge in [-0.1, -0.05) is 0 Å². The lowest BCUT2D eigenvalue weighted by molar-refractivity contribution is 0.0696. The monoisotopic (exact) mass is 316 g/mol. The Morgan fingerprint density at radius 2 is 1.77 bits per heavy atom. The molecule has 0 amide bonds. The summed E-state index contributed by atoms with van der Waals surface area (Å²) >= 11 is 0. The van der Waals surface area contributed by atoms with E-state index in [2.05, 4.69) is 9.71 Å². The van der Waals surface area contributed by atoms with Gasteiger partial charge in [0.1, 0.15) is 0 Å². The van der Waals surface area contributed by atoms with E-state index < -0.39 is 16.0 Å². The highest BCUT2D eigenvalue weighted by Gasteiger charge is 2.15. The van der Waals surface area contributed by atoms with Crippen LogP contribution < -0.4 is 4.72 Å². The molecular weight excluding hydrogens is 304 g/mol. The van der Waals surface area contributed by atoms with Crippen LogP contribution in [0.2, 0.25) is 0 Å². The summed E-state index contributed by atoms with van der Waals surface area (Å²) in [5.41, 5.74) is 1.39. The van der Waals surface area contributed by atoms with Crippen molar-refractivity contribution in [2.45, 2.75) is 4.90 Å². The number of H-pyrrole nitrogens is 1. The van der Waals surface area contributed by atoms with Gasteiger partial charge in [-0.15, -0.1) is 0 Å². The third kappa shape index (κ3) is 2.66. The quantitative estimate of drug-likeness (QED) is 0.689. The first-order valence-electron chi connectivity index (χ1n) is 6.39. The van der Waals surface area contributed by atoms with Crippen LogP contribution in [0.4, 0.5) is 5.69 Å². The van der Waals surface area contributed by atoms with Gasteiger partial charge in [0.2, 0.25) is 0 Å². The molecule has 0 bridgehead atoms. The molecule has 0 atom stereocenters. The van der Waals surface area contributed by atoms with Crippen LogP contribution in [0.25, 0.3) is 10.9 Å². The molecule has 0 aliphatic heterocycles. The van der Waals surface area contributed by atoms with Crippen LogP contribution >= 0.6 is 0 Å². The fourth-order valence-corrected chi connectivity index (χ4v) is 3.16. The number of fused-ring (bicyclic) bond motifs is 1. The Balaban J connectivity index is 1.90. The van der Waals surface area contributed by atoms with Gasteiger partial charge >= 0.3 is 5.97 Å². The number of hydrogen-bond donors (Lipinski definition) is 3. The summed E-state index contributed by atoms with van der Waals surface area (Å²) in [5.74, 6) is -1.10. The van der Waals surface area contributed by atoms with E-state index in [1.165, 1.54) is 24.3 Å². The number of carbonyl (C=O) groups is 1. The van der Waals surface area contributed by atoms with E-state index in [4.69, 9.17) is 5.11 Å². The molecule has 1 aromatic heterocycles. The number of hydrogen-bond acceptors (Lipinski definition) is 3. The van der Waals surface area contributed by atoms with Gasteiger partial charge in [-0.25, -0.2) is 13.2 Å². The molecule has 0 spiro atoms. The second-order valence-electron chi connectivity index (χ2n) is 4.71. The normalized spacial score (nSPS) is 11.5. The van der Waals surface area contributed by atoms with Gasteiger partial charge in [0, 0.05) is 22.8 Å². The smallest absolute Gasteiger partial charge is 0.335 e. The Labute approximate surface area is 126 Å². The molecule has 7 heteroatoms. The minimum atomic E-state index is -3.76. The molecule has 0 aliphatic carbocycles. The number of aromatic carboxylic acids is 1. The summed E-state index contributed by atoms with van der Waals surface area (Å²) in [5, 5.41) is 9.72. The predicted octanol–water partition coefficient (Wildman–Crippen LogP) is 2.67. The summed E-state index contributed by atoms with van der Waals surface area (Å²) in [6, 6.07) is 12.0. The number of benzene rings is 2. The van der Waals surface area contributed by atoms with Crippen molar-refractivity contribution in [3.8, 4) is 0 Å². The van der Waals surface area contributed by atoms with Gasteiger partial charge in [0.25, 0.3) is 10.0 Å². The van der Waals surface area contributed by atoms with E-state index in [0.29, 0.717) is 5.69 Å². The minimum Gasteiger partial charge on any atom is -0.478 e. The van der Waals surface area contributed by atoms with Crippen LogP contribution in [-0.4, -0.2) is 24.5 Å². The zero-order valence-electron chi connectivity index (χ0n) is 11.3. The highest BCUT2D eigenvalue weighted by Crippen LogP contribution is 2.21.